The lowest BCUT2D eigenvalue weighted by molar-refractivity contribution is 0.0600. The van der Waals surface area contributed by atoms with Gasteiger partial charge in [-0.3, -0.25) is 4.79 Å². The maximum Gasteiger partial charge on any atom is 0.339 e. The molecule has 0 spiro atoms. The van der Waals surface area contributed by atoms with Gasteiger partial charge >= 0.3 is 5.97 Å². The summed E-state index contributed by atoms with van der Waals surface area (Å²) in [6.45, 7) is 0. The minimum atomic E-state index is -0.525. The molecule has 2 rings (SSSR count). The minimum absolute atomic E-state index is 0.138. The Morgan fingerprint density at radius 3 is 2.76 bits per heavy atom. The molecule has 88 valence electrons. The van der Waals surface area contributed by atoms with E-state index in [2.05, 4.69) is 25.7 Å². The molecule has 1 heterocycles. The van der Waals surface area contributed by atoms with E-state index in [0.717, 1.165) is 6.07 Å². The van der Waals surface area contributed by atoms with E-state index in [-0.39, 0.29) is 11.3 Å². The predicted octanol–water partition coefficient (Wildman–Crippen LogP) is 1.78. The smallest absolute Gasteiger partial charge is 0.339 e. The summed E-state index contributed by atoms with van der Waals surface area (Å²) in [5.41, 5.74) is 0.216. The van der Waals surface area contributed by atoms with Crippen LogP contribution in [0.4, 0.5) is 0 Å². The van der Waals surface area contributed by atoms with Crippen molar-refractivity contribution >= 4 is 32.8 Å². The topological polar surface area (TPSA) is 79.4 Å². The molecule has 0 fully saturated rings. The van der Waals surface area contributed by atoms with Crippen LogP contribution in [0.15, 0.2) is 27.5 Å². The Labute approximate surface area is 104 Å². The van der Waals surface area contributed by atoms with Gasteiger partial charge in [-0.05, 0) is 28.1 Å². The molecule has 0 saturated carbocycles. The third-order valence-electron chi connectivity index (χ3n) is 2.31. The number of hydrogen-bond acceptors (Lipinski definition) is 4. The van der Waals surface area contributed by atoms with Gasteiger partial charge in [0.1, 0.15) is 5.75 Å². The number of pyridine rings is 1. The molecule has 0 bridgehead atoms. The average molecular weight is 298 g/mol. The monoisotopic (exact) mass is 297 g/mol. The molecule has 0 aliphatic rings. The lowest BCUT2D eigenvalue weighted by Gasteiger charge is -2.06. The van der Waals surface area contributed by atoms with Gasteiger partial charge < -0.3 is 14.8 Å². The van der Waals surface area contributed by atoms with Crippen molar-refractivity contribution in [2.24, 2.45) is 0 Å². The van der Waals surface area contributed by atoms with Crippen LogP contribution in [0.2, 0.25) is 0 Å². The second-order valence-corrected chi connectivity index (χ2v) is 4.24. The van der Waals surface area contributed by atoms with Crippen LogP contribution in [-0.2, 0) is 4.74 Å². The summed E-state index contributed by atoms with van der Waals surface area (Å²) in [4.78, 5) is 25.2. The van der Waals surface area contributed by atoms with Gasteiger partial charge in [-0.1, -0.05) is 0 Å². The molecule has 0 unspecified atom stereocenters. The van der Waals surface area contributed by atoms with Crippen molar-refractivity contribution in [3.8, 4) is 5.75 Å². The zero-order chi connectivity index (χ0) is 12.6. The summed E-state index contributed by atoms with van der Waals surface area (Å²) in [6, 6.07) is 4.08. The fraction of sp³-hybridized carbons (Fsp3) is 0.0909. The van der Waals surface area contributed by atoms with Gasteiger partial charge in [-0.25, -0.2) is 4.79 Å². The number of rotatable bonds is 1. The molecule has 1 aromatic heterocycles. The average Bonchev–Trinajstić information content (AvgIpc) is 2.28. The number of benzene rings is 1. The third kappa shape index (κ3) is 2.03. The van der Waals surface area contributed by atoms with E-state index in [1.807, 2.05) is 0 Å². The number of aromatic hydroxyl groups is 1. The van der Waals surface area contributed by atoms with Gasteiger partial charge in [0.15, 0.2) is 0 Å². The van der Waals surface area contributed by atoms with Crippen LogP contribution >= 0.6 is 15.9 Å². The van der Waals surface area contributed by atoms with E-state index in [0.29, 0.717) is 15.4 Å². The number of H-pyrrole nitrogens is 1. The van der Waals surface area contributed by atoms with E-state index >= 15 is 0 Å². The molecule has 1 aromatic carbocycles. The fourth-order valence-electron chi connectivity index (χ4n) is 1.53. The number of aromatic nitrogens is 1. The SMILES string of the molecule is COC(=O)c1cc2[nH]c(=O)cc(O)c2cc1Br. The normalized spacial score (nSPS) is 10.5. The fourth-order valence-corrected chi connectivity index (χ4v) is 2.03. The summed E-state index contributed by atoms with van der Waals surface area (Å²) < 4.78 is 5.09. The lowest BCUT2D eigenvalue weighted by atomic mass is 10.1. The number of aromatic amines is 1. The Bertz CT molecular complexity index is 662. The molecule has 2 N–H and O–H groups in total. The summed E-state index contributed by atoms with van der Waals surface area (Å²) in [5, 5.41) is 10.1. The molecule has 0 amide bonds. The minimum Gasteiger partial charge on any atom is -0.507 e. The number of methoxy groups -OCH3 is 1. The molecule has 0 aliphatic carbocycles. The Balaban J connectivity index is 2.80. The quantitative estimate of drug-likeness (QED) is 0.787. The molecule has 6 heteroatoms. The van der Waals surface area contributed by atoms with Gasteiger partial charge in [-0.2, -0.15) is 0 Å². The van der Waals surface area contributed by atoms with Gasteiger partial charge in [0.25, 0.3) is 5.56 Å². The summed E-state index contributed by atoms with van der Waals surface area (Å²) in [7, 11) is 1.27. The molecular formula is C11H8BrNO4. The maximum absolute atomic E-state index is 11.4. The first-order valence-electron chi connectivity index (χ1n) is 4.67. The molecule has 0 atom stereocenters. The molecule has 5 nitrogen and oxygen atoms in total. The van der Waals surface area contributed by atoms with Crippen molar-refractivity contribution in [2.45, 2.75) is 0 Å². The van der Waals surface area contributed by atoms with Gasteiger partial charge in [0.2, 0.25) is 0 Å². The second kappa shape index (κ2) is 4.21. The van der Waals surface area contributed by atoms with Crippen molar-refractivity contribution in [3.05, 3.63) is 38.6 Å². The second-order valence-electron chi connectivity index (χ2n) is 3.39. The first-order chi connectivity index (χ1) is 8.02. The van der Waals surface area contributed by atoms with E-state index in [9.17, 15) is 14.7 Å². The van der Waals surface area contributed by atoms with Gasteiger partial charge in [0, 0.05) is 15.9 Å². The standard InChI is InChI=1S/C11H8BrNO4/c1-17-11(16)5-3-8-6(2-7(5)12)9(14)4-10(15)13-8/h2-4H,1H3,(H2,13,14,15). The molecule has 17 heavy (non-hydrogen) atoms. The first-order valence-corrected chi connectivity index (χ1v) is 5.46. The summed E-state index contributed by atoms with van der Waals surface area (Å²) >= 11 is 3.21. The Morgan fingerprint density at radius 2 is 2.12 bits per heavy atom. The highest BCUT2D eigenvalue weighted by Gasteiger charge is 2.13. The van der Waals surface area contributed by atoms with E-state index in [4.69, 9.17) is 0 Å². The van der Waals surface area contributed by atoms with E-state index in [1.54, 1.807) is 6.07 Å². The highest BCUT2D eigenvalue weighted by atomic mass is 79.9. The number of carbonyl (C=O) groups excluding carboxylic acids is 1. The van der Waals surface area contributed by atoms with Crippen LogP contribution in [-0.4, -0.2) is 23.2 Å². The molecular weight excluding hydrogens is 290 g/mol. The first kappa shape index (κ1) is 11.7. The Morgan fingerprint density at radius 1 is 1.41 bits per heavy atom. The lowest BCUT2D eigenvalue weighted by Crippen LogP contribution is -2.06. The van der Waals surface area contributed by atoms with E-state index < -0.39 is 11.5 Å². The largest absolute Gasteiger partial charge is 0.507 e. The zero-order valence-corrected chi connectivity index (χ0v) is 10.4. The van der Waals surface area contributed by atoms with Gasteiger partial charge in [-0.15, -0.1) is 0 Å². The van der Waals surface area contributed by atoms with E-state index in [1.165, 1.54) is 13.2 Å². The highest BCUT2D eigenvalue weighted by Crippen LogP contribution is 2.28. The number of halogens is 1. The van der Waals surface area contributed by atoms with Crippen molar-refractivity contribution in [2.75, 3.05) is 7.11 Å². The summed E-state index contributed by atoms with van der Waals surface area (Å²) in [5.74, 6) is -0.663. The molecule has 0 saturated heterocycles. The Hall–Kier alpha value is -1.82. The number of ether oxygens (including phenoxy) is 1. The zero-order valence-electron chi connectivity index (χ0n) is 8.78. The van der Waals surface area contributed by atoms with Crippen LogP contribution in [0.25, 0.3) is 10.9 Å². The number of fused-ring (bicyclic) bond motifs is 1. The van der Waals surface area contributed by atoms with Crippen LogP contribution < -0.4 is 5.56 Å². The molecule has 0 aliphatic heterocycles. The molecule has 0 radical (unpaired) electrons. The van der Waals surface area contributed by atoms with Crippen molar-refractivity contribution in [1.29, 1.82) is 0 Å². The number of esters is 1. The van der Waals surface area contributed by atoms with Crippen LogP contribution in [0.5, 0.6) is 5.75 Å². The Kier molecular flexibility index (Phi) is 2.89. The van der Waals surface area contributed by atoms with Crippen molar-refractivity contribution in [1.82, 2.24) is 4.98 Å². The molecule has 2 aromatic rings. The third-order valence-corrected chi connectivity index (χ3v) is 2.97. The maximum atomic E-state index is 11.4. The van der Waals surface area contributed by atoms with Gasteiger partial charge in [0.05, 0.1) is 18.2 Å². The van der Waals surface area contributed by atoms with Crippen LogP contribution in [0.3, 0.4) is 0 Å². The number of nitrogens with one attached hydrogen (secondary N) is 1. The summed E-state index contributed by atoms with van der Waals surface area (Å²) in [6.07, 6.45) is 0. The number of carbonyl (C=O) groups is 1. The van der Waals surface area contributed by atoms with Crippen LogP contribution in [0.1, 0.15) is 10.4 Å². The van der Waals surface area contributed by atoms with Crippen LogP contribution in [0, 0.1) is 0 Å². The highest BCUT2D eigenvalue weighted by molar-refractivity contribution is 9.10. The number of hydrogen-bond donors (Lipinski definition) is 2. The van der Waals surface area contributed by atoms with Crippen molar-refractivity contribution < 1.29 is 14.6 Å². The predicted molar refractivity (Wildman–Crippen MR) is 65.3 cm³/mol. The van der Waals surface area contributed by atoms with Crippen molar-refractivity contribution in [3.63, 3.8) is 0 Å².